The van der Waals surface area contributed by atoms with Crippen molar-refractivity contribution < 1.29 is 14.8 Å². The number of nitrogens with zero attached hydrogens (tertiary/aromatic N) is 1. The van der Waals surface area contributed by atoms with Crippen LogP contribution in [0.25, 0.3) is 6.08 Å². The molecule has 0 bridgehead atoms. The molecule has 0 saturated heterocycles. The van der Waals surface area contributed by atoms with Crippen LogP contribution >= 0.6 is 0 Å². The first-order chi connectivity index (χ1) is 16.4. The first-order valence-electron chi connectivity index (χ1n) is 13.8. The SMILES string of the molecule is Cc1c(C)c2c(c(C=C[N+](=O)[O-])c1O)CCC(C)(CCC[C@@H](C)CCC[C@H](C)CCCC(C)C)O2. The van der Waals surface area contributed by atoms with Crippen LogP contribution in [0.4, 0.5) is 0 Å². The van der Waals surface area contributed by atoms with Gasteiger partial charge in [-0.05, 0) is 75.3 Å². The number of aromatic hydroxyl groups is 1. The van der Waals surface area contributed by atoms with E-state index < -0.39 is 4.92 Å². The smallest absolute Gasteiger partial charge is 0.235 e. The summed E-state index contributed by atoms with van der Waals surface area (Å²) >= 11 is 0. The Morgan fingerprint density at radius 2 is 1.57 bits per heavy atom. The highest BCUT2D eigenvalue weighted by atomic mass is 16.6. The average molecular weight is 488 g/mol. The maximum Gasteiger partial charge on any atom is 0.235 e. The third-order valence-electron chi connectivity index (χ3n) is 8.00. The highest BCUT2D eigenvalue weighted by Crippen LogP contribution is 2.45. The van der Waals surface area contributed by atoms with Gasteiger partial charge in [-0.2, -0.15) is 0 Å². The van der Waals surface area contributed by atoms with Gasteiger partial charge in [0.1, 0.15) is 17.1 Å². The Bertz CT molecular complexity index is 876. The van der Waals surface area contributed by atoms with Crippen LogP contribution in [0.2, 0.25) is 0 Å². The number of fused-ring (bicyclic) bond motifs is 1. The van der Waals surface area contributed by atoms with Gasteiger partial charge in [0.15, 0.2) is 0 Å². The zero-order valence-corrected chi connectivity index (χ0v) is 23.3. The lowest BCUT2D eigenvalue weighted by Gasteiger charge is -2.38. The van der Waals surface area contributed by atoms with Crippen molar-refractivity contribution in [1.82, 2.24) is 0 Å². The number of rotatable bonds is 14. The molecule has 2 rings (SSSR count). The molecule has 198 valence electrons. The molecule has 1 aliphatic rings. The topological polar surface area (TPSA) is 72.6 Å². The summed E-state index contributed by atoms with van der Waals surface area (Å²) in [6.45, 7) is 15.4. The molecule has 1 unspecified atom stereocenters. The lowest BCUT2D eigenvalue weighted by molar-refractivity contribution is -0.400. The second-order valence-electron chi connectivity index (χ2n) is 11.8. The summed E-state index contributed by atoms with van der Waals surface area (Å²) < 4.78 is 6.57. The van der Waals surface area contributed by atoms with E-state index in [9.17, 15) is 15.2 Å². The van der Waals surface area contributed by atoms with Crippen molar-refractivity contribution in [3.63, 3.8) is 0 Å². The van der Waals surface area contributed by atoms with Crippen molar-refractivity contribution in [2.45, 2.75) is 125 Å². The minimum absolute atomic E-state index is 0.120. The van der Waals surface area contributed by atoms with E-state index in [1.165, 1.54) is 51.0 Å². The van der Waals surface area contributed by atoms with Crippen LogP contribution in [0, 0.1) is 41.7 Å². The van der Waals surface area contributed by atoms with Crippen LogP contribution in [0.3, 0.4) is 0 Å². The number of phenolic OH excluding ortho intramolecular Hbond substituents is 1. The molecule has 0 fully saturated rings. The zero-order valence-electron chi connectivity index (χ0n) is 23.3. The Kier molecular flexibility index (Phi) is 11.1. The molecule has 1 heterocycles. The fraction of sp³-hybridized carbons (Fsp3) is 0.733. The lowest BCUT2D eigenvalue weighted by Crippen LogP contribution is -2.37. The molecule has 3 atom stereocenters. The molecular weight excluding hydrogens is 438 g/mol. The third kappa shape index (κ3) is 8.84. The molecule has 35 heavy (non-hydrogen) atoms. The number of hydrogen-bond donors (Lipinski definition) is 1. The van der Waals surface area contributed by atoms with Gasteiger partial charge in [0.05, 0.1) is 4.92 Å². The fourth-order valence-corrected chi connectivity index (χ4v) is 5.41. The molecule has 0 spiro atoms. The molecule has 0 radical (unpaired) electrons. The summed E-state index contributed by atoms with van der Waals surface area (Å²) in [5.41, 5.74) is 2.82. The largest absolute Gasteiger partial charge is 0.507 e. The van der Waals surface area contributed by atoms with E-state index >= 15 is 0 Å². The van der Waals surface area contributed by atoms with E-state index in [1.54, 1.807) is 0 Å². The highest BCUT2D eigenvalue weighted by molar-refractivity contribution is 5.69. The van der Waals surface area contributed by atoms with Crippen LogP contribution in [0.1, 0.15) is 121 Å². The Hall–Kier alpha value is -2.04. The Balaban J connectivity index is 1.87. The van der Waals surface area contributed by atoms with E-state index in [0.29, 0.717) is 5.56 Å². The molecule has 1 aromatic carbocycles. The van der Waals surface area contributed by atoms with Gasteiger partial charge in [0.25, 0.3) is 0 Å². The molecule has 5 heteroatoms. The Morgan fingerprint density at radius 1 is 1.00 bits per heavy atom. The predicted molar refractivity (Wildman–Crippen MR) is 146 cm³/mol. The van der Waals surface area contributed by atoms with E-state index in [-0.39, 0.29) is 11.4 Å². The zero-order chi connectivity index (χ0) is 26.2. The van der Waals surface area contributed by atoms with Crippen LogP contribution in [0.15, 0.2) is 6.20 Å². The molecule has 0 aliphatic carbocycles. The van der Waals surface area contributed by atoms with Gasteiger partial charge in [0.2, 0.25) is 6.20 Å². The minimum Gasteiger partial charge on any atom is -0.507 e. The fourth-order valence-electron chi connectivity index (χ4n) is 5.41. The first kappa shape index (κ1) is 29.2. The summed E-state index contributed by atoms with van der Waals surface area (Å²) in [7, 11) is 0. The van der Waals surface area contributed by atoms with Gasteiger partial charge < -0.3 is 9.84 Å². The van der Waals surface area contributed by atoms with Crippen LogP contribution in [-0.4, -0.2) is 15.6 Å². The lowest BCUT2D eigenvalue weighted by atomic mass is 9.83. The number of phenols is 1. The maximum atomic E-state index is 10.8. The predicted octanol–water partition coefficient (Wildman–Crippen LogP) is 8.78. The molecular formula is C30H49NO4. The second kappa shape index (κ2) is 13.3. The molecule has 1 aromatic rings. The molecule has 1 aliphatic heterocycles. The number of ether oxygens (including phenoxy) is 1. The minimum atomic E-state index is -0.496. The van der Waals surface area contributed by atoms with Crippen molar-refractivity contribution in [3.05, 3.63) is 38.6 Å². The van der Waals surface area contributed by atoms with Crippen LogP contribution in [0.5, 0.6) is 11.5 Å². The standard InChI is InChI=1S/C30H49NO4/c1-21(2)11-8-12-22(3)13-9-14-23(4)15-10-18-30(7)19-16-27-26(17-20-31(33)34)28(32)24(5)25(6)29(27)35-30/h17,20-23,32H,8-16,18-19H2,1-7H3/t22-,23+,30?/m1/s1. The number of hydrogen-bond acceptors (Lipinski definition) is 4. The quantitative estimate of drug-likeness (QED) is 0.210. The Labute approximate surface area is 213 Å². The monoisotopic (exact) mass is 487 g/mol. The van der Waals surface area contributed by atoms with Crippen molar-refractivity contribution in [3.8, 4) is 11.5 Å². The Morgan fingerprint density at radius 3 is 2.14 bits per heavy atom. The van der Waals surface area contributed by atoms with Gasteiger partial charge in [0, 0.05) is 17.2 Å². The summed E-state index contributed by atoms with van der Waals surface area (Å²) in [4.78, 5) is 10.4. The summed E-state index contributed by atoms with van der Waals surface area (Å²) in [5, 5.41) is 21.5. The molecule has 0 aromatic heterocycles. The van der Waals surface area contributed by atoms with E-state index in [2.05, 4.69) is 34.6 Å². The van der Waals surface area contributed by atoms with Gasteiger partial charge in [-0.25, -0.2) is 0 Å². The maximum absolute atomic E-state index is 10.8. The normalized spacial score (nSPS) is 19.5. The average Bonchev–Trinajstić information content (AvgIpc) is 2.77. The van der Waals surface area contributed by atoms with Crippen LogP contribution in [-0.2, 0) is 6.42 Å². The van der Waals surface area contributed by atoms with E-state index in [1.807, 2.05) is 13.8 Å². The summed E-state index contributed by atoms with van der Waals surface area (Å²) in [6, 6.07) is 0. The van der Waals surface area contributed by atoms with Crippen molar-refractivity contribution >= 4 is 6.08 Å². The third-order valence-corrected chi connectivity index (χ3v) is 8.00. The first-order valence-corrected chi connectivity index (χ1v) is 13.8. The van der Waals surface area contributed by atoms with Crippen molar-refractivity contribution in [1.29, 1.82) is 0 Å². The van der Waals surface area contributed by atoms with Crippen molar-refractivity contribution in [2.24, 2.45) is 17.8 Å². The molecule has 0 saturated carbocycles. The number of nitro groups is 1. The van der Waals surface area contributed by atoms with Gasteiger partial charge in [-0.3, -0.25) is 10.1 Å². The second-order valence-corrected chi connectivity index (χ2v) is 11.8. The van der Waals surface area contributed by atoms with E-state index in [0.717, 1.165) is 72.1 Å². The van der Waals surface area contributed by atoms with Crippen molar-refractivity contribution in [2.75, 3.05) is 0 Å². The van der Waals surface area contributed by atoms with Crippen LogP contribution < -0.4 is 4.74 Å². The highest BCUT2D eigenvalue weighted by Gasteiger charge is 2.34. The summed E-state index contributed by atoms with van der Waals surface area (Å²) in [5.74, 6) is 3.31. The van der Waals surface area contributed by atoms with Gasteiger partial charge in [-0.15, -0.1) is 0 Å². The number of benzene rings is 1. The summed E-state index contributed by atoms with van der Waals surface area (Å²) in [6.07, 6.45) is 15.3. The molecule has 1 N–H and O–H groups in total. The molecule has 5 nitrogen and oxygen atoms in total. The molecule has 0 amide bonds. The van der Waals surface area contributed by atoms with E-state index in [4.69, 9.17) is 4.74 Å². The van der Waals surface area contributed by atoms with Gasteiger partial charge >= 0.3 is 0 Å². The van der Waals surface area contributed by atoms with Gasteiger partial charge in [-0.1, -0.05) is 72.6 Å².